The summed E-state index contributed by atoms with van der Waals surface area (Å²) in [4.78, 5) is 4.76. The average molecular weight is 630 g/mol. The van der Waals surface area contributed by atoms with Gasteiger partial charge in [0.05, 0.1) is 11.5 Å². The summed E-state index contributed by atoms with van der Waals surface area (Å²) in [5, 5.41) is 2.71. The number of thiophene rings is 1. The molecule has 0 atom stereocenters. The molecule has 2 heterocycles. The summed E-state index contributed by atoms with van der Waals surface area (Å²) in [7, 11) is 0. The fourth-order valence-electron chi connectivity index (χ4n) is 4.69. The number of rotatable bonds is 6. The zero-order chi connectivity index (χ0) is 22.2. The maximum absolute atomic E-state index is 4.76. The molecule has 5 rings (SSSR count). The summed E-state index contributed by atoms with van der Waals surface area (Å²) in [5.74, 6) is 2.13. The van der Waals surface area contributed by atoms with Gasteiger partial charge in [-0.3, -0.25) is 4.98 Å². The molecular weight excluding hydrogens is 601 g/mol. The molecule has 4 heteroatoms. The van der Waals surface area contributed by atoms with E-state index >= 15 is 0 Å². The Hall–Kier alpha value is -2.26. The summed E-state index contributed by atoms with van der Waals surface area (Å²) in [5.41, 5.74) is 5.18. The van der Waals surface area contributed by atoms with Crippen molar-refractivity contribution in [3.05, 3.63) is 84.2 Å². The normalized spacial score (nSPS) is 11.6. The van der Waals surface area contributed by atoms with Crippen molar-refractivity contribution in [2.75, 3.05) is 0 Å². The zero-order valence-corrected chi connectivity index (χ0v) is 22.8. The van der Waals surface area contributed by atoms with Gasteiger partial charge in [0.15, 0.2) is 0 Å². The van der Waals surface area contributed by atoms with Gasteiger partial charge < -0.3 is 4.57 Å². The van der Waals surface area contributed by atoms with Gasteiger partial charge in [-0.2, -0.15) is 0 Å². The Morgan fingerprint density at radius 3 is 2.39 bits per heavy atom. The fraction of sp³-hybridized carbons (Fsp3) is 0.276. The van der Waals surface area contributed by atoms with Crippen LogP contribution in [0.2, 0.25) is 0 Å². The molecule has 0 amide bonds. The van der Waals surface area contributed by atoms with E-state index in [-0.39, 0.29) is 20.1 Å². The van der Waals surface area contributed by atoms with Crippen LogP contribution in [-0.4, -0.2) is 9.55 Å². The van der Waals surface area contributed by atoms with Crippen molar-refractivity contribution in [3.8, 4) is 17.1 Å². The summed E-state index contributed by atoms with van der Waals surface area (Å²) < 4.78 is 5.06. The Kier molecular flexibility index (Phi) is 7.19. The first kappa shape index (κ1) is 23.9. The molecule has 5 aromatic rings. The minimum absolute atomic E-state index is 0. The van der Waals surface area contributed by atoms with Crippen LogP contribution in [0.1, 0.15) is 38.8 Å². The van der Waals surface area contributed by atoms with Crippen molar-refractivity contribution in [2.24, 2.45) is 11.8 Å². The smallest absolute Gasteiger partial charge is 0.0602 e. The van der Waals surface area contributed by atoms with Crippen molar-refractivity contribution in [3.63, 3.8) is 0 Å². The maximum atomic E-state index is 4.76. The maximum Gasteiger partial charge on any atom is 0.0602 e. The number of hydrogen-bond donors (Lipinski definition) is 0. The molecule has 0 saturated heterocycles. The Balaban J connectivity index is 0.00000259. The summed E-state index contributed by atoms with van der Waals surface area (Å²) >= 11 is 1.93. The van der Waals surface area contributed by atoms with Gasteiger partial charge in [-0.15, -0.1) is 47.2 Å². The van der Waals surface area contributed by atoms with E-state index < -0.39 is 0 Å². The third-order valence-corrected chi connectivity index (χ3v) is 7.11. The van der Waals surface area contributed by atoms with Crippen molar-refractivity contribution in [2.45, 2.75) is 40.5 Å². The van der Waals surface area contributed by atoms with Crippen LogP contribution in [0.4, 0.5) is 0 Å². The minimum atomic E-state index is 0. The Morgan fingerprint density at radius 2 is 1.67 bits per heavy atom. The van der Waals surface area contributed by atoms with E-state index in [0.29, 0.717) is 11.8 Å². The third kappa shape index (κ3) is 4.57. The van der Waals surface area contributed by atoms with E-state index in [9.17, 15) is 0 Å². The van der Waals surface area contributed by atoms with Gasteiger partial charge in [0, 0.05) is 52.7 Å². The van der Waals surface area contributed by atoms with Crippen LogP contribution >= 0.6 is 11.3 Å². The van der Waals surface area contributed by atoms with Gasteiger partial charge in [0.1, 0.15) is 0 Å². The Bertz CT molecular complexity index is 1380. The topological polar surface area (TPSA) is 17.8 Å². The van der Waals surface area contributed by atoms with E-state index in [2.05, 4.69) is 87.0 Å². The van der Waals surface area contributed by atoms with E-state index in [1.165, 1.54) is 37.0 Å². The van der Waals surface area contributed by atoms with Crippen LogP contribution in [0.5, 0.6) is 0 Å². The second-order valence-corrected chi connectivity index (χ2v) is 10.5. The van der Waals surface area contributed by atoms with Crippen LogP contribution in [0.25, 0.3) is 37.2 Å². The molecule has 0 saturated carbocycles. The number of fused-ring (bicyclic) bond motifs is 3. The van der Waals surface area contributed by atoms with Gasteiger partial charge in [-0.1, -0.05) is 52.0 Å². The quantitative estimate of drug-likeness (QED) is 0.174. The molecule has 0 aliphatic carbocycles. The number of imidazole rings is 1. The first-order valence-corrected chi connectivity index (χ1v) is 12.3. The summed E-state index contributed by atoms with van der Waals surface area (Å²) in [6.07, 6.45) is 6.16. The minimum Gasteiger partial charge on any atom is -0.339 e. The monoisotopic (exact) mass is 630 g/mol. The van der Waals surface area contributed by atoms with Crippen molar-refractivity contribution >= 4 is 31.5 Å². The van der Waals surface area contributed by atoms with Crippen LogP contribution in [0.3, 0.4) is 0 Å². The molecule has 2 aromatic heterocycles. The standard InChI is InChI=1S/C29H29N2S.Ir/c1-19(2)16-22-18-23(17-20(3)4)28-26(24-12-8-9-13-25(24)32-28)27(22)31-15-14-30-29(31)21-10-6-5-7-11-21;/h5-10,12-15,18-20H,16-17H2,1-4H3;/q-1;. The molecule has 33 heavy (non-hydrogen) atoms. The van der Waals surface area contributed by atoms with Crippen molar-refractivity contribution in [1.29, 1.82) is 0 Å². The predicted octanol–water partition coefficient (Wildman–Crippen LogP) is 8.10. The molecule has 0 aliphatic heterocycles. The Morgan fingerprint density at radius 1 is 0.939 bits per heavy atom. The number of hydrogen-bond acceptors (Lipinski definition) is 2. The number of benzene rings is 3. The van der Waals surface area contributed by atoms with Gasteiger partial charge >= 0.3 is 0 Å². The zero-order valence-electron chi connectivity index (χ0n) is 19.6. The van der Waals surface area contributed by atoms with Crippen LogP contribution in [-0.2, 0) is 32.9 Å². The molecule has 1 radical (unpaired) electrons. The second-order valence-electron chi connectivity index (χ2n) is 9.44. The molecule has 3 aromatic carbocycles. The first-order chi connectivity index (χ1) is 15.5. The average Bonchev–Trinajstić information content (AvgIpc) is 3.39. The van der Waals surface area contributed by atoms with Crippen LogP contribution < -0.4 is 0 Å². The van der Waals surface area contributed by atoms with E-state index in [1.807, 2.05) is 29.7 Å². The van der Waals surface area contributed by atoms with Gasteiger partial charge in [-0.05, 0) is 41.9 Å². The fourth-order valence-corrected chi connectivity index (χ4v) is 5.92. The van der Waals surface area contributed by atoms with E-state index in [4.69, 9.17) is 4.98 Å². The van der Waals surface area contributed by atoms with Crippen molar-refractivity contribution in [1.82, 2.24) is 9.55 Å². The molecular formula is C29H29IrN2S-. The Labute approximate surface area is 214 Å². The molecule has 0 spiro atoms. The summed E-state index contributed by atoms with van der Waals surface area (Å²) in [6.45, 7) is 9.24. The SMILES string of the molecule is CC(C)Cc1cc(CC(C)C)c2sc3ccccc3c2c1-n1ccnc1-c1[c-]cccc1.[Ir]. The van der Waals surface area contributed by atoms with Gasteiger partial charge in [0.25, 0.3) is 0 Å². The van der Waals surface area contributed by atoms with E-state index in [1.54, 1.807) is 0 Å². The molecule has 2 nitrogen and oxygen atoms in total. The molecule has 0 bridgehead atoms. The van der Waals surface area contributed by atoms with Gasteiger partial charge in [-0.25, -0.2) is 0 Å². The van der Waals surface area contributed by atoms with E-state index in [0.717, 1.165) is 24.2 Å². The van der Waals surface area contributed by atoms with Crippen LogP contribution in [0, 0.1) is 17.9 Å². The third-order valence-electron chi connectivity index (χ3n) is 5.86. The summed E-state index contributed by atoms with van der Waals surface area (Å²) in [6, 6.07) is 22.8. The predicted molar refractivity (Wildman–Crippen MR) is 138 cm³/mol. The van der Waals surface area contributed by atoms with Crippen molar-refractivity contribution < 1.29 is 20.1 Å². The number of nitrogens with zero attached hydrogens (tertiary/aromatic N) is 2. The first-order valence-electron chi connectivity index (χ1n) is 11.5. The molecule has 171 valence electrons. The number of aromatic nitrogens is 2. The largest absolute Gasteiger partial charge is 0.339 e. The molecule has 0 fully saturated rings. The van der Waals surface area contributed by atoms with Crippen LogP contribution in [0.15, 0.2) is 67.0 Å². The molecule has 0 unspecified atom stereocenters. The second kappa shape index (κ2) is 9.93. The molecule has 0 aliphatic rings. The molecule has 0 N–H and O–H groups in total. The van der Waals surface area contributed by atoms with Gasteiger partial charge in [0.2, 0.25) is 0 Å².